The molecule has 0 fully saturated rings. The van der Waals surface area contributed by atoms with Gasteiger partial charge in [0.05, 0.1) is 11.1 Å². The van der Waals surface area contributed by atoms with Crippen molar-refractivity contribution in [2.24, 2.45) is 0 Å². The summed E-state index contributed by atoms with van der Waals surface area (Å²) >= 11 is 6.89. The molecule has 0 aromatic heterocycles. The molecule has 0 heterocycles. The van der Waals surface area contributed by atoms with E-state index in [4.69, 9.17) is 9.47 Å². The van der Waals surface area contributed by atoms with Crippen LogP contribution < -0.4 is 10.1 Å². The van der Waals surface area contributed by atoms with Crippen molar-refractivity contribution in [1.29, 1.82) is 0 Å². The van der Waals surface area contributed by atoms with Gasteiger partial charge in [-0.15, -0.1) is 0 Å². The molecular formula is C12H17Br2NO2. The third-order valence-corrected chi connectivity index (χ3v) is 3.28. The molecule has 0 bridgehead atoms. The lowest BCUT2D eigenvalue weighted by Crippen LogP contribution is -2.34. The first-order chi connectivity index (χ1) is 8.17. The van der Waals surface area contributed by atoms with E-state index in [1.165, 1.54) is 0 Å². The van der Waals surface area contributed by atoms with Gasteiger partial charge in [-0.3, -0.25) is 0 Å². The summed E-state index contributed by atoms with van der Waals surface area (Å²) in [5, 5.41) is 3.25. The van der Waals surface area contributed by atoms with Gasteiger partial charge in [0.1, 0.15) is 11.9 Å². The van der Waals surface area contributed by atoms with Crippen molar-refractivity contribution in [3.63, 3.8) is 0 Å². The van der Waals surface area contributed by atoms with E-state index in [0.717, 1.165) is 27.8 Å². The molecule has 1 N–H and O–H groups in total. The fourth-order valence-electron chi connectivity index (χ4n) is 1.38. The number of hydrogen-bond acceptors (Lipinski definition) is 3. The maximum Gasteiger partial charge on any atom is 0.134 e. The number of halogens is 2. The molecule has 0 aliphatic carbocycles. The first-order valence-corrected chi connectivity index (χ1v) is 7.07. The number of methoxy groups -OCH3 is 1. The van der Waals surface area contributed by atoms with Gasteiger partial charge in [0.25, 0.3) is 0 Å². The molecule has 0 saturated heterocycles. The van der Waals surface area contributed by atoms with E-state index >= 15 is 0 Å². The van der Waals surface area contributed by atoms with Crippen LogP contribution in [0, 0.1) is 0 Å². The van der Waals surface area contributed by atoms with Crippen LogP contribution in [0.2, 0.25) is 0 Å². The molecular weight excluding hydrogens is 350 g/mol. The van der Waals surface area contributed by atoms with Gasteiger partial charge in [-0.1, -0.05) is 22.9 Å². The highest BCUT2D eigenvalue weighted by Gasteiger charge is 2.11. The summed E-state index contributed by atoms with van der Waals surface area (Å²) in [6.07, 6.45) is 0.0115. The number of hydrogen-bond donors (Lipinski definition) is 1. The number of nitrogens with one attached hydrogen (secondary N) is 1. The molecule has 1 atom stereocenters. The molecule has 96 valence electrons. The summed E-state index contributed by atoms with van der Waals surface area (Å²) in [7, 11) is 1.68. The van der Waals surface area contributed by atoms with E-state index in [1.807, 2.05) is 18.2 Å². The van der Waals surface area contributed by atoms with Crippen molar-refractivity contribution in [1.82, 2.24) is 5.32 Å². The Morgan fingerprint density at radius 1 is 1.35 bits per heavy atom. The topological polar surface area (TPSA) is 30.5 Å². The SMILES string of the molecule is CCNCC(COC)Oc1ccc(Br)cc1Br. The van der Waals surface area contributed by atoms with Gasteiger partial charge >= 0.3 is 0 Å². The molecule has 5 heteroatoms. The molecule has 1 aromatic rings. The summed E-state index contributed by atoms with van der Waals surface area (Å²) in [4.78, 5) is 0. The summed E-state index contributed by atoms with van der Waals surface area (Å²) in [6.45, 7) is 4.33. The second-order valence-electron chi connectivity index (χ2n) is 3.58. The summed E-state index contributed by atoms with van der Waals surface area (Å²) in [6, 6.07) is 5.85. The van der Waals surface area contributed by atoms with Crippen LogP contribution in [-0.4, -0.2) is 32.9 Å². The average molecular weight is 367 g/mol. The maximum atomic E-state index is 5.89. The highest BCUT2D eigenvalue weighted by atomic mass is 79.9. The van der Waals surface area contributed by atoms with Gasteiger partial charge in [-0.25, -0.2) is 0 Å². The van der Waals surface area contributed by atoms with Crippen LogP contribution in [0.25, 0.3) is 0 Å². The number of rotatable bonds is 7. The van der Waals surface area contributed by atoms with E-state index in [-0.39, 0.29) is 6.10 Å². The molecule has 0 aliphatic rings. The Hall–Kier alpha value is -0.100. The van der Waals surface area contributed by atoms with Crippen molar-refractivity contribution in [3.8, 4) is 5.75 Å². The van der Waals surface area contributed by atoms with E-state index in [9.17, 15) is 0 Å². The predicted octanol–water partition coefficient (Wildman–Crippen LogP) is 3.21. The van der Waals surface area contributed by atoms with E-state index < -0.39 is 0 Å². The Morgan fingerprint density at radius 2 is 2.12 bits per heavy atom. The zero-order valence-electron chi connectivity index (χ0n) is 10.0. The molecule has 1 aromatic carbocycles. The van der Waals surface area contributed by atoms with Crippen molar-refractivity contribution in [3.05, 3.63) is 27.1 Å². The normalized spacial score (nSPS) is 12.5. The van der Waals surface area contributed by atoms with Crippen LogP contribution in [0.15, 0.2) is 27.1 Å². The molecule has 3 nitrogen and oxygen atoms in total. The zero-order chi connectivity index (χ0) is 12.7. The van der Waals surface area contributed by atoms with E-state index in [2.05, 4.69) is 44.1 Å². The summed E-state index contributed by atoms with van der Waals surface area (Å²) in [5.74, 6) is 0.827. The van der Waals surface area contributed by atoms with Crippen LogP contribution in [0.1, 0.15) is 6.92 Å². The Balaban J connectivity index is 2.64. The number of likely N-dealkylation sites (N-methyl/N-ethyl adjacent to an activating group) is 1. The van der Waals surface area contributed by atoms with Gasteiger partial charge in [-0.2, -0.15) is 0 Å². The molecule has 17 heavy (non-hydrogen) atoms. The molecule has 0 aliphatic heterocycles. The van der Waals surface area contributed by atoms with E-state index in [0.29, 0.717) is 6.61 Å². The minimum atomic E-state index is 0.0115. The van der Waals surface area contributed by atoms with Gasteiger partial charge in [0, 0.05) is 18.1 Å². The van der Waals surface area contributed by atoms with Crippen molar-refractivity contribution < 1.29 is 9.47 Å². The monoisotopic (exact) mass is 365 g/mol. The first-order valence-electron chi connectivity index (χ1n) is 5.48. The molecule has 0 spiro atoms. The molecule has 1 unspecified atom stereocenters. The minimum Gasteiger partial charge on any atom is -0.486 e. The standard InChI is InChI=1S/C12H17Br2NO2/c1-3-15-7-10(8-16-2)17-12-5-4-9(13)6-11(12)14/h4-6,10,15H,3,7-8H2,1-2H3. The predicted molar refractivity (Wildman–Crippen MR) is 76.7 cm³/mol. The highest BCUT2D eigenvalue weighted by molar-refractivity contribution is 9.11. The minimum absolute atomic E-state index is 0.0115. The van der Waals surface area contributed by atoms with Crippen LogP contribution in [0.3, 0.4) is 0 Å². The third-order valence-electron chi connectivity index (χ3n) is 2.16. The maximum absolute atomic E-state index is 5.89. The Kier molecular flexibility index (Phi) is 7.11. The van der Waals surface area contributed by atoms with Crippen LogP contribution in [0.5, 0.6) is 5.75 Å². The lowest BCUT2D eigenvalue weighted by Gasteiger charge is -2.19. The molecule has 0 saturated carbocycles. The van der Waals surface area contributed by atoms with Crippen LogP contribution in [-0.2, 0) is 4.74 Å². The lowest BCUT2D eigenvalue weighted by atomic mass is 10.3. The van der Waals surface area contributed by atoms with Crippen LogP contribution in [0.4, 0.5) is 0 Å². The fourth-order valence-corrected chi connectivity index (χ4v) is 2.52. The smallest absolute Gasteiger partial charge is 0.134 e. The van der Waals surface area contributed by atoms with Crippen molar-refractivity contribution in [2.75, 3.05) is 26.8 Å². The van der Waals surface area contributed by atoms with Crippen LogP contribution >= 0.6 is 31.9 Å². The largest absolute Gasteiger partial charge is 0.486 e. The second kappa shape index (κ2) is 8.08. The Morgan fingerprint density at radius 3 is 2.71 bits per heavy atom. The highest BCUT2D eigenvalue weighted by Crippen LogP contribution is 2.28. The van der Waals surface area contributed by atoms with Gasteiger partial charge in [0.15, 0.2) is 0 Å². The molecule has 1 rings (SSSR count). The lowest BCUT2D eigenvalue weighted by molar-refractivity contribution is 0.0804. The fraction of sp³-hybridized carbons (Fsp3) is 0.500. The Bertz CT molecular complexity index is 347. The van der Waals surface area contributed by atoms with Crippen molar-refractivity contribution in [2.45, 2.75) is 13.0 Å². The summed E-state index contributed by atoms with van der Waals surface area (Å²) < 4.78 is 13.0. The van der Waals surface area contributed by atoms with E-state index in [1.54, 1.807) is 7.11 Å². The second-order valence-corrected chi connectivity index (χ2v) is 5.35. The van der Waals surface area contributed by atoms with Gasteiger partial charge in [0.2, 0.25) is 0 Å². The zero-order valence-corrected chi connectivity index (χ0v) is 13.2. The third kappa shape index (κ3) is 5.38. The quantitative estimate of drug-likeness (QED) is 0.803. The van der Waals surface area contributed by atoms with Gasteiger partial charge in [-0.05, 0) is 40.7 Å². The number of benzene rings is 1. The van der Waals surface area contributed by atoms with Crippen molar-refractivity contribution >= 4 is 31.9 Å². The summed E-state index contributed by atoms with van der Waals surface area (Å²) in [5.41, 5.74) is 0. The van der Waals surface area contributed by atoms with Gasteiger partial charge < -0.3 is 14.8 Å². The average Bonchev–Trinajstić information content (AvgIpc) is 2.29. The molecule has 0 radical (unpaired) electrons. The Labute approximate surface area is 119 Å². The molecule has 0 amide bonds. The number of ether oxygens (including phenoxy) is 2. The first kappa shape index (κ1) is 15.0.